The Morgan fingerprint density at radius 2 is 1.80 bits per heavy atom. The Hall–Kier alpha value is -1.66. The molecular formula is C12H7Cl2F3N2O. The van der Waals surface area contributed by atoms with Crippen molar-refractivity contribution < 1.29 is 17.9 Å². The van der Waals surface area contributed by atoms with Gasteiger partial charge in [-0.25, -0.2) is 4.98 Å². The van der Waals surface area contributed by atoms with Crippen molar-refractivity contribution in [3.63, 3.8) is 0 Å². The van der Waals surface area contributed by atoms with Gasteiger partial charge >= 0.3 is 6.18 Å². The summed E-state index contributed by atoms with van der Waals surface area (Å²) in [5.41, 5.74) is 4.92. The number of pyridine rings is 1. The molecule has 1 aromatic heterocycles. The number of hydrogen-bond donors (Lipinski definition) is 1. The van der Waals surface area contributed by atoms with Gasteiger partial charge in [0.25, 0.3) is 0 Å². The predicted molar refractivity (Wildman–Crippen MR) is 70.2 cm³/mol. The number of nitrogen functional groups attached to an aromatic ring is 1. The van der Waals surface area contributed by atoms with Gasteiger partial charge in [0.05, 0.1) is 16.3 Å². The molecule has 0 aliphatic heterocycles. The lowest BCUT2D eigenvalue weighted by Gasteiger charge is -2.10. The molecule has 0 atom stereocenters. The zero-order chi connectivity index (χ0) is 14.9. The summed E-state index contributed by atoms with van der Waals surface area (Å²) in [6.07, 6.45) is -3.88. The molecule has 3 nitrogen and oxygen atoms in total. The fourth-order valence-electron chi connectivity index (χ4n) is 1.34. The average molecular weight is 323 g/mol. The molecule has 1 heterocycles. The maximum absolute atomic E-state index is 12.5. The van der Waals surface area contributed by atoms with E-state index in [2.05, 4.69) is 4.98 Å². The summed E-state index contributed by atoms with van der Waals surface area (Å²) in [4.78, 5) is 3.54. The first kappa shape index (κ1) is 14.7. The number of benzene rings is 1. The first-order chi connectivity index (χ1) is 9.27. The predicted octanol–water partition coefficient (Wildman–Crippen LogP) is 4.78. The molecule has 8 heteroatoms. The van der Waals surface area contributed by atoms with Crippen molar-refractivity contribution in [2.75, 3.05) is 5.73 Å². The molecule has 0 unspecified atom stereocenters. The number of alkyl halides is 3. The average Bonchev–Trinajstić information content (AvgIpc) is 2.35. The molecule has 20 heavy (non-hydrogen) atoms. The van der Waals surface area contributed by atoms with Crippen LogP contribution in [0, 0.1) is 0 Å². The number of hydrogen-bond acceptors (Lipinski definition) is 3. The fraction of sp³-hybridized carbons (Fsp3) is 0.0833. The second kappa shape index (κ2) is 5.38. The van der Waals surface area contributed by atoms with Gasteiger partial charge < -0.3 is 10.5 Å². The van der Waals surface area contributed by atoms with Gasteiger partial charge in [-0.2, -0.15) is 13.2 Å². The fourth-order valence-corrected chi connectivity index (χ4v) is 1.71. The van der Waals surface area contributed by atoms with Gasteiger partial charge in [0, 0.05) is 12.3 Å². The molecule has 0 bridgehead atoms. The van der Waals surface area contributed by atoms with Crippen LogP contribution in [0.25, 0.3) is 0 Å². The topological polar surface area (TPSA) is 48.1 Å². The highest BCUT2D eigenvalue weighted by Crippen LogP contribution is 2.35. The largest absolute Gasteiger partial charge is 0.437 e. The zero-order valence-electron chi connectivity index (χ0n) is 9.71. The van der Waals surface area contributed by atoms with E-state index < -0.39 is 11.7 Å². The van der Waals surface area contributed by atoms with Crippen LogP contribution >= 0.6 is 23.2 Å². The van der Waals surface area contributed by atoms with Gasteiger partial charge in [0.2, 0.25) is 5.88 Å². The molecule has 0 spiro atoms. The van der Waals surface area contributed by atoms with Crippen LogP contribution < -0.4 is 10.5 Å². The lowest BCUT2D eigenvalue weighted by atomic mass is 10.3. The quantitative estimate of drug-likeness (QED) is 0.809. The van der Waals surface area contributed by atoms with Crippen LogP contribution in [0.3, 0.4) is 0 Å². The van der Waals surface area contributed by atoms with Crippen molar-refractivity contribution in [2.24, 2.45) is 0 Å². The SMILES string of the molecule is Nc1ccc(Oc2ncc(C(F)(F)F)cc2Cl)cc1Cl. The number of anilines is 1. The summed E-state index contributed by atoms with van der Waals surface area (Å²) in [7, 11) is 0. The van der Waals surface area contributed by atoms with E-state index in [0.717, 1.165) is 6.07 Å². The van der Waals surface area contributed by atoms with Crippen molar-refractivity contribution in [3.8, 4) is 11.6 Å². The van der Waals surface area contributed by atoms with E-state index in [1.807, 2.05) is 0 Å². The first-order valence-corrected chi connectivity index (χ1v) is 5.98. The van der Waals surface area contributed by atoms with Crippen molar-refractivity contribution in [3.05, 3.63) is 46.1 Å². The van der Waals surface area contributed by atoms with Gasteiger partial charge in [-0.3, -0.25) is 0 Å². The number of nitrogens with two attached hydrogens (primary N) is 1. The Balaban J connectivity index is 2.28. The Bertz CT molecular complexity index is 647. The van der Waals surface area contributed by atoms with Gasteiger partial charge in [0.1, 0.15) is 10.8 Å². The Morgan fingerprint density at radius 3 is 2.35 bits per heavy atom. The van der Waals surface area contributed by atoms with Crippen LogP contribution in [0.5, 0.6) is 11.6 Å². The third kappa shape index (κ3) is 3.26. The smallest absolute Gasteiger partial charge is 0.417 e. The second-order valence-electron chi connectivity index (χ2n) is 3.79. The molecule has 2 rings (SSSR count). The maximum Gasteiger partial charge on any atom is 0.417 e. The standard InChI is InChI=1S/C12H7Cl2F3N2O/c13-8-4-7(1-2-10(8)18)20-11-9(14)3-6(5-19-11)12(15,16)17/h1-5H,18H2. The lowest BCUT2D eigenvalue weighted by molar-refractivity contribution is -0.137. The van der Waals surface area contributed by atoms with Crippen molar-refractivity contribution >= 4 is 28.9 Å². The molecule has 1 aromatic carbocycles. The third-order valence-corrected chi connectivity index (χ3v) is 2.92. The van der Waals surface area contributed by atoms with Crippen LogP contribution in [0.1, 0.15) is 5.56 Å². The number of nitrogens with zero attached hydrogens (tertiary/aromatic N) is 1. The van der Waals surface area contributed by atoms with Gasteiger partial charge in [-0.15, -0.1) is 0 Å². The molecule has 2 N–H and O–H groups in total. The van der Waals surface area contributed by atoms with E-state index in [-0.39, 0.29) is 21.7 Å². The molecular weight excluding hydrogens is 316 g/mol. The molecule has 0 aliphatic rings. The van der Waals surface area contributed by atoms with Crippen molar-refractivity contribution in [2.45, 2.75) is 6.18 Å². The summed E-state index contributed by atoms with van der Waals surface area (Å²) in [6, 6.07) is 5.14. The molecule has 0 saturated carbocycles. The summed E-state index contributed by atoms with van der Waals surface area (Å²) in [5.74, 6) is 0.110. The number of ether oxygens (including phenoxy) is 1. The molecule has 0 aliphatic carbocycles. The summed E-state index contributed by atoms with van der Waals surface area (Å²) in [6.45, 7) is 0. The highest BCUT2D eigenvalue weighted by molar-refractivity contribution is 6.33. The first-order valence-electron chi connectivity index (χ1n) is 5.23. The third-order valence-electron chi connectivity index (χ3n) is 2.32. The highest BCUT2D eigenvalue weighted by Gasteiger charge is 2.31. The monoisotopic (exact) mass is 322 g/mol. The molecule has 0 saturated heterocycles. The van der Waals surface area contributed by atoms with E-state index in [1.54, 1.807) is 0 Å². The normalized spacial score (nSPS) is 11.4. The van der Waals surface area contributed by atoms with E-state index in [9.17, 15) is 13.2 Å². The van der Waals surface area contributed by atoms with E-state index >= 15 is 0 Å². The van der Waals surface area contributed by atoms with Crippen LogP contribution in [0.2, 0.25) is 10.0 Å². The minimum absolute atomic E-state index is 0.152. The van der Waals surface area contributed by atoms with E-state index in [4.69, 9.17) is 33.7 Å². The minimum Gasteiger partial charge on any atom is -0.437 e. The Morgan fingerprint density at radius 1 is 1.10 bits per heavy atom. The Kier molecular flexibility index (Phi) is 3.96. The van der Waals surface area contributed by atoms with Gasteiger partial charge in [-0.05, 0) is 18.2 Å². The van der Waals surface area contributed by atoms with Gasteiger partial charge in [0.15, 0.2) is 0 Å². The number of halogens is 5. The Labute approximate surface area is 122 Å². The summed E-state index contributed by atoms with van der Waals surface area (Å²) < 4.78 is 42.6. The molecule has 2 aromatic rings. The highest BCUT2D eigenvalue weighted by atomic mass is 35.5. The van der Waals surface area contributed by atoms with Crippen molar-refractivity contribution in [1.29, 1.82) is 0 Å². The number of aromatic nitrogens is 1. The lowest BCUT2D eigenvalue weighted by Crippen LogP contribution is -2.05. The van der Waals surface area contributed by atoms with Crippen molar-refractivity contribution in [1.82, 2.24) is 4.98 Å². The second-order valence-corrected chi connectivity index (χ2v) is 4.61. The molecule has 0 fully saturated rings. The summed E-state index contributed by atoms with van der Waals surface area (Å²) in [5, 5.41) is -0.00157. The van der Waals surface area contributed by atoms with Crippen LogP contribution in [0.15, 0.2) is 30.5 Å². The maximum atomic E-state index is 12.5. The summed E-state index contributed by atoms with van der Waals surface area (Å²) >= 11 is 11.5. The van der Waals surface area contributed by atoms with Gasteiger partial charge in [-0.1, -0.05) is 23.2 Å². The van der Waals surface area contributed by atoms with Crippen LogP contribution in [0.4, 0.5) is 18.9 Å². The molecule has 0 amide bonds. The molecule has 0 radical (unpaired) electrons. The number of rotatable bonds is 2. The van der Waals surface area contributed by atoms with E-state index in [1.165, 1.54) is 18.2 Å². The van der Waals surface area contributed by atoms with E-state index in [0.29, 0.717) is 11.9 Å². The van der Waals surface area contributed by atoms with Crippen LogP contribution in [-0.4, -0.2) is 4.98 Å². The van der Waals surface area contributed by atoms with Crippen LogP contribution in [-0.2, 0) is 6.18 Å². The minimum atomic E-state index is -4.51. The molecule has 106 valence electrons. The zero-order valence-corrected chi connectivity index (χ0v) is 11.2.